The van der Waals surface area contributed by atoms with E-state index in [9.17, 15) is 13.2 Å². The molecule has 1 aliphatic rings. The van der Waals surface area contributed by atoms with Gasteiger partial charge in [-0.1, -0.05) is 44.2 Å². The zero-order valence-electron chi connectivity index (χ0n) is 16.0. The Balaban J connectivity index is 0.00000364. The maximum atomic E-state index is 12.6. The number of benzene rings is 1. The van der Waals surface area contributed by atoms with Crippen molar-refractivity contribution in [1.82, 2.24) is 0 Å². The van der Waals surface area contributed by atoms with Gasteiger partial charge >= 0.3 is 0 Å². The highest BCUT2D eigenvalue weighted by molar-refractivity contribution is 7.91. The molecule has 1 aromatic rings. The van der Waals surface area contributed by atoms with Crippen LogP contribution in [0.5, 0.6) is 0 Å². The highest BCUT2D eigenvalue weighted by Crippen LogP contribution is 2.26. The molecule has 0 radical (unpaired) electrons. The smallest absolute Gasteiger partial charge is 0.224 e. The Morgan fingerprint density at radius 2 is 1.78 bits per heavy atom. The molecular weight excluding hydrogens is 384 g/mol. The first-order valence-corrected chi connectivity index (χ1v) is 11.5. The fraction of sp³-hybridized carbons (Fsp3) is 0.650. The number of nitrogens with two attached hydrogens (primary N) is 1. The molecule has 0 spiro atoms. The maximum Gasteiger partial charge on any atom is 0.224 e. The van der Waals surface area contributed by atoms with Gasteiger partial charge in [0.2, 0.25) is 5.91 Å². The number of sulfone groups is 1. The first-order chi connectivity index (χ1) is 12.5. The number of hydrogen-bond acceptors (Lipinski definition) is 4. The van der Waals surface area contributed by atoms with Gasteiger partial charge in [0.15, 0.2) is 9.84 Å². The molecule has 0 atom stereocenters. The summed E-state index contributed by atoms with van der Waals surface area (Å²) >= 11 is 0. The van der Waals surface area contributed by atoms with Gasteiger partial charge in [-0.3, -0.25) is 4.79 Å². The van der Waals surface area contributed by atoms with Crippen molar-refractivity contribution in [2.24, 2.45) is 5.73 Å². The Hall–Kier alpha value is -1.11. The summed E-state index contributed by atoms with van der Waals surface area (Å²) in [6.07, 6.45) is 9.10. The Labute approximate surface area is 169 Å². The summed E-state index contributed by atoms with van der Waals surface area (Å²) in [4.78, 5) is 12.0. The third kappa shape index (κ3) is 8.62. The van der Waals surface area contributed by atoms with Gasteiger partial charge in [-0.05, 0) is 49.9 Å². The van der Waals surface area contributed by atoms with Crippen LogP contribution in [-0.2, 0) is 20.4 Å². The Bertz CT molecular complexity index is 674. The second kappa shape index (κ2) is 12.4. The molecule has 0 unspecified atom stereocenters. The first-order valence-electron chi connectivity index (χ1n) is 9.82. The Morgan fingerprint density at radius 3 is 2.48 bits per heavy atom. The van der Waals surface area contributed by atoms with Crippen molar-refractivity contribution in [3.63, 3.8) is 0 Å². The van der Waals surface area contributed by atoms with Gasteiger partial charge in [0, 0.05) is 12.1 Å². The van der Waals surface area contributed by atoms with Crippen LogP contribution in [0.2, 0.25) is 0 Å². The van der Waals surface area contributed by atoms with Gasteiger partial charge in [-0.25, -0.2) is 8.42 Å². The van der Waals surface area contributed by atoms with E-state index in [-0.39, 0.29) is 29.3 Å². The summed E-state index contributed by atoms with van der Waals surface area (Å²) in [5.74, 6) is 0.0329. The fourth-order valence-electron chi connectivity index (χ4n) is 3.52. The van der Waals surface area contributed by atoms with Crippen molar-refractivity contribution in [3.8, 4) is 0 Å². The van der Waals surface area contributed by atoms with Crippen LogP contribution >= 0.6 is 12.4 Å². The van der Waals surface area contributed by atoms with Crippen molar-refractivity contribution in [2.75, 3.05) is 11.9 Å². The number of carbonyl (C=O) groups is 1. The normalized spacial score (nSPS) is 15.1. The first kappa shape index (κ1) is 23.9. The molecule has 0 aromatic heterocycles. The average Bonchev–Trinajstić information content (AvgIpc) is 2.62. The van der Waals surface area contributed by atoms with E-state index in [2.05, 4.69) is 5.32 Å². The van der Waals surface area contributed by atoms with Crippen LogP contribution in [0.25, 0.3) is 0 Å². The summed E-state index contributed by atoms with van der Waals surface area (Å²) in [6, 6.07) is 7.22. The van der Waals surface area contributed by atoms with Crippen LogP contribution in [0.1, 0.15) is 69.8 Å². The van der Waals surface area contributed by atoms with Gasteiger partial charge in [0.25, 0.3) is 0 Å². The van der Waals surface area contributed by atoms with Gasteiger partial charge in [0.05, 0.1) is 11.0 Å². The summed E-state index contributed by atoms with van der Waals surface area (Å²) in [6.45, 7) is 0.697. The monoisotopic (exact) mass is 416 g/mol. The van der Waals surface area contributed by atoms with Crippen molar-refractivity contribution < 1.29 is 13.2 Å². The van der Waals surface area contributed by atoms with Crippen LogP contribution in [0, 0.1) is 0 Å². The van der Waals surface area contributed by atoms with Gasteiger partial charge in [-0.15, -0.1) is 12.4 Å². The molecule has 1 saturated carbocycles. The van der Waals surface area contributed by atoms with Crippen molar-refractivity contribution in [1.29, 1.82) is 0 Å². The molecule has 5 nitrogen and oxygen atoms in total. The standard InChI is InChI=1S/C20H32N2O3S.ClH/c21-14-7-2-1-6-13-20(23)22-18-10-8-9-17(15-18)16-26(24,25)19-11-4-3-5-12-19;/h8-10,15,19H,1-7,11-14,16,21H2,(H,22,23);1H. The molecule has 1 amide bonds. The number of amides is 1. The number of unbranched alkanes of at least 4 members (excludes halogenated alkanes) is 3. The number of anilines is 1. The number of nitrogens with one attached hydrogen (secondary N) is 1. The maximum absolute atomic E-state index is 12.6. The van der Waals surface area contributed by atoms with E-state index in [4.69, 9.17) is 5.73 Å². The van der Waals surface area contributed by atoms with E-state index < -0.39 is 9.84 Å². The minimum Gasteiger partial charge on any atom is -0.330 e. The van der Waals surface area contributed by atoms with E-state index >= 15 is 0 Å². The highest BCUT2D eigenvalue weighted by atomic mass is 35.5. The lowest BCUT2D eigenvalue weighted by atomic mass is 10.0. The summed E-state index contributed by atoms with van der Waals surface area (Å²) < 4.78 is 25.2. The second-order valence-electron chi connectivity index (χ2n) is 7.27. The van der Waals surface area contributed by atoms with Gasteiger partial charge in [0.1, 0.15) is 0 Å². The zero-order valence-corrected chi connectivity index (χ0v) is 17.6. The molecule has 1 aromatic carbocycles. The third-order valence-corrected chi connectivity index (χ3v) is 7.22. The molecule has 2 rings (SSSR count). The predicted molar refractivity (Wildman–Crippen MR) is 114 cm³/mol. The Kier molecular flexibility index (Phi) is 11.0. The second-order valence-corrected chi connectivity index (χ2v) is 9.55. The van der Waals surface area contributed by atoms with E-state index in [0.29, 0.717) is 18.7 Å². The number of carbonyl (C=O) groups excluding carboxylic acids is 1. The average molecular weight is 417 g/mol. The summed E-state index contributed by atoms with van der Waals surface area (Å²) in [5, 5.41) is 2.67. The topological polar surface area (TPSA) is 89.3 Å². The molecule has 0 saturated heterocycles. The lowest BCUT2D eigenvalue weighted by molar-refractivity contribution is -0.116. The molecule has 7 heteroatoms. The van der Waals surface area contributed by atoms with E-state index in [0.717, 1.165) is 63.4 Å². The van der Waals surface area contributed by atoms with Crippen molar-refractivity contribution in [3.05, 3.63) is 29.8 Å². The minimum atomic E-state index is -3.13. The van der Waals surface area contributed by atoms with Crippen LogP contribution in [0.3, 0.4) is 0 Å². The number of hydrogen-bond donors (Lipinski definition) is 2. The van der Waals surface area contributed by atoms with Crippen molar-refractivity contribution >= 4 is 33.8 Å². The SMILES string of the molecule is Cl.NCCCCCCC(=O)Nc1cccc(CS(=O)(=O)C2CCCCC2)c1. The minimum absolute atomic E-state index is 0. The molecule has 154 valence electrons. The van der Waals surface area contributed by atoms with Crippen LogP contribution in [0.4, 0.5) is 5.69 Å². The molecule has 3 N–H and O–H groups in total. The fourth-order valence-corrected chi connectivity index (χ4v) is 5.45. The predicted octanol–water partition coefficient (Wildman–Crippen LogP) is 4.20. The number of rotatable bonds is 10. The third-order valence-electron chi connectivity index (χ3n) is 5.00. The summed E-state index contributed by atoms with van der Waals surface area (Å²) in [5.41, 5.74) is 6.88. The largest absolute Gasteiger partial charge is 0.330 e. The van der Waals surface area contributed by atoms with E-state index in [1.165, 1.54) is 0 Å². The molecule has 0 heterocycles. The van der Waals surface area contributed by atoms with Crippen LogP contribution < -0.4 is 11.1 Å². The molecule has 0 aliphatic heterocycles. The van der Waals surface area contributed by atoms with Crippen molar-refractivity contribution in [2.45, 2.75) is 75.2 Å². The Morgan fingerprint density at radius 1 is 1.07 bits per heavy atom. The lowest BCUT2D eigenvalue weighted by Gasteiger charge is -2.21. The van der Waals surface area contributed by atoms with Gasteiger partial charge in [-0.2, -0.15) is 0 Å². The van der Waals surface area contributed by atoms with Crippen LogP contribution in [-0.4, -0.2) is 26.1 Å². The van der Waals surface area contributed by atoms with Gasteiger partial charge < -0.3 is 11.1 Å². The van der Waals surface area contributed by atoms with E-state index in [1.54, 1.807) is 6.07 Å². The lowest BCUT2D eigenvalue weighted by Crippen LogP contribution is -2.25. The molecule has 1 fully saturated rings. The summed E-state index contributed by atoms with van der Waals surface area (Å²) in [7, 11) is -3.13. The molecule has 0 bridgehead atoms. The quantitative estimate of drug-likeness (QED) is 0.559. The zero-order chi connectivity index (χ0) is 18.8. The van der Waals surface area contributed by atoms with Crippen LogP contribution in [0.15, 0.2) is 24.3 Å². The molecular formula is C20H33ClN2O3S. The van der Waals surface area contributed by atoms with E-state index in [1.807, 2.05) is 18.2 Å². The molecule has 27 heavy (non-hydrogen) atoms. The number of halogens is 1. The molecule has 1 aliphatic carbocycles. The highest BCUT2D eigenvalue weighted by Gasteiger charge is 2.27.